The number of benzene rings is 1. The van der Waals surface area contributed by atoms with Crippen LogP contribution in [0.1, 0.15) is 22.8 Å². The zero-order chi connectivity index (χ0) is 10.7. The van der Waals surface area contributed by atoms with E-state index in [0.717, 1.165) is 6.07 Å². The molecule has 1 aromatic rings. The molecule has 0 unspecified atom stereocenters. The standard InChI is InChI=1S/C10H11FO3/c1-3-14-9-5-8(11)6(2)4-7(9)10(12)13/h4-5H,3H2,1-2H3,(H,12,13). The van der Waals surface area contributed by atoms with Crippen LogP contribution in [-0.2, 0) is 0 Å². The molecule has 0 aliphatic heterocycles. The van der Waals surface area contributed by atoms with Crippen molar-refractivity contribution in [2.45, 2.75) is 13.8 Å². The Morgan fingerprint density at radius 1 is 1.57 bits per heavy atom. The smallest absolute Gasteiger partial charge is 0.339 e. The molecule has 1 aromatic carbocycles. The minimum atomic E-state index is -1.11. The lowest BCUT2D eigenvalue weighted by molar-refractivity contribution is 0.0692. The van der Waals surface area contributed by atoms with E-state index in [4.69, 9.17) is 9.84 Å². The number of rotatable bonds is 3. The normalized spacial score (nSPS) is 9.93. The summed E-state index contributed by atoms with van der Waals surface area (Å²) in [5.41, 5.74) is 0.289. The summed E-state index contributed by atoms with van der Waals surface area (Å²) in [5.74, 6) is -1.50. The van der Waals surface area contributed by atoms with Gasteiger partial charge in [-0.15, -0.1) is 0 Å². The topological polar surface area (TPSA) is 46.5 Å². The molecule has 0 saturated heterocycles. The first-order chi connectivity index (χ1) is 6.56. The largest absolute Gasteiger partial charge is 0.493 e. The number of halogens is 1. The molecule has 0 aliphatic carbocycles. The highest BCUT2D eigenvalue weighted by Crippen LogP contribution is 2.22. The third kappa shape index (κ3) is 2.02. The molecule has 0 bridgehead atoms. The van der Waals surface area contributed by atoms with E-state index in [1.54, 1.807) is 6.92 Å². The average molecular weight is 198 g/mol. The summed E-state index contributed by atoms with van der Waals surface area (Å²) in [6.45, 7) is 3.53. The first-order valence-corrected chi connectivity index (χ1v) is 4.22. The lowest BCUT2D eigenvalue weighted by Crippen LogP contribution is -2.04. The van der Waals surface area contributed by atoms with Gasteiger partial charge in [0.1, 0.15) is 17.1 Å². The third-order valence-electron chi connectivity index (χ3n) is 1.79. The second-order valence-electron chi connectivity index (χ2n) is 2.84. The monoisotopic (exact) mass is 198 g/mol. The number of carboxylic acids is 1. The molecule has 1 N–H and O–H groups in total. The average Bonchev–Trinajstić information content (AvgIpc) is 2.11. The highest BCUT2D eigenvalue weighted by atomic mass is 19.1. The Morgan fingerprint density at radius 2 is 2.21 bits per heavy atom. The van der Waals surface area contributed by atoms with Crippen molar-refractivity contribution in [3.8, 4) is 5.75 Å². The maximum absolute atomic E-state index is 13.1. The maximum Gasteiger partial charge on any atom is 0.339 e. The molecule has 1 rings (SSSR count). The molecule has 3 nitrogen and oxygen atoms in total. The van der Waals surface area contributed by atoms with Crippen molar-refractivity contribution >= 4 is 5.97 Å². The Bertz CT molecular complexity index is 361. The summed E-state index contributed by atoms with van der Waals surface area (Å²) in [6.07, 6.45) is 0. The first-order valence-electron chi connectivity index (χ1n) is 4.22. The van der Waals surface area contributed by atoms with Crippen LogP contribution in [0, 0.1) is 12.7 Å². The van der Waals surface area contributed by atoms with Crippen LogP contribution in [0.2, 0.25) is 0 Å². The van der Waals surface area contributed by atoms with Crippen LogP contribution in [-0.4, -0.2) is 17.7 Å². The highest BCUT2D eigenvalue weighted by Gasteiger charge is 2.13. The van der Waals surface area contributed by atoms with Crippen molar-refractivity contribution in [1.82, 2.24) is 0 Å². The van der Waals surface area contributed by atoms with Crippen LogP contribution >= 0.6 is 0 Å². The second-order valence-corrected chi connectivity index (χ2v) is 2.84. The minimum absolute atomic E-state index is 0.00856. The number of carboxylic acid groups (broad SMARTS) is 1. The van der Waals surface area contributed by atoms with E-state index < -0.39 is 11.8 Å². The molecule has 0 heterocycles. The van der Waals surface area contributed by atoms with Crippen LogP contribution in [0.15, 0.2) is 12.1 Å². The molecule has 4 heteroatoms. The quantitative estimate of drug-likeness (QED) is 0.810. The number of aryl methyl sites for hydroxylation is 1. The lowest BCUT2D eigenvalue weighted by atomic mass is 10.1. The van der Waals surface area contributed by atoms with Gasteiger partial charge in [0, 0.05) is 6.07 Å². The van der Waals surface area contributed by atoms with Crippen molar-refractivity contribution in [3.63, 3.8) is 0 Å². The van der Waals surface area contributed by atoms with Crippen molar-refractivity contribution in [3.05, 3.63) is 29.1 Å². The molecule has 76 valence electrons. The fourth-order valence-corrected chi connectivity index (χ4v) is 1.11. The van der Waals surface area contributed by atoms with E-state index in [0.29, 0.717) is 12.2 Å². The minimum Gasteiger partial charge on any atom is -0.493 e. The predicted molar refractivity (Wildman–Crippen MR) is 49.3 cm³/mol. The molecule has 0 fully saturated rings. The number of hydrogen-bond acceptors (Lipinski definition) is 2. The summed E-state index contributed by atoms with van der Waals surface area (Å²) in [6, 6.07) is 2.37. The summed E-state index contributed by atoms with van der Waals surface area (Å²) >= 11 is 0. The van der Waals surface area contributed by atoms with E-state index in [1.807, 2.05) is 0 Å². The zero-order valence-corrected chi connectivity index (χ0v) is 8.00. The molecular weight excluding hydrogens is 187 g/mol. The molecule has 0 atom stereocenters. The molecule has 14 heavy (non-hydrogen) atoms. The van der Waals surface area contributed by atoms with Gasteiger partial charge >= 0.3 is 5.97 Å². The molecule has 0 amide bonds. The Balaban J connectivity index is 3.24. The second kappa shape index (κ2) is 4.09. The lowest BCUT2D eigenvalue weighted by Gasteiger charge is -2.08. The molecule has 0 aromatic heterocycles. The van der Waals surface area contributed by atoms with Gasteiger partial charge in [0.05, 0.1) is 6.61 Å². The third-order valence-corrected chi connectivity index (χ3v) is 1.79. The van der Waals surface area contributed by atoms with Gasteiger partial charge in [0.15, 0.2) is 0 Å². The maximum atomic E-state index is 13.1. The number of hydrogen-bond donors (Lipinski definition) is 1. The SMILES string of the molecule is CCOc1cc(F)c(C)cc1C(=O)O. The van der Waals surface area contributed by atoms with E-state index in [-0.39, 0.29) is 11.3 Å². The molecule has 0 spiro atoms. The zero-order valence-electron chi connectivity index (χ0n) is 8.00. The summed E-state index contributed by atoms with van der Waals surface area (Å²) in [4.78, 5) is 10.8. The van der Waals surface area contributed by atoms with Gasteiger partial charge in [-0.1, -0.05) is 0 Å². The number of aromatic carboxylic acids is 1. The Morgan fingerprint density at radius 3 is 2.71 bits per heavy atom. The van der Waals surface area contributed by atoms with Gasteiger partial charge in [0.2, 0.25) is 0 Å². The van der Waals surface area contributed by atoms with Crippen LogP contribution in [0.25, 0.3) is 0 Å². The van der Waals surface area contributed by atoms with E-state index in [9.17, 15) is 9.18 Å². The van der Waals surface area contributed by atoms with Gasteiger partial charge in [-0.05, 0) is 25.5 Å². The molecular formula is C10H11FO3. The van der Waals surface area contributed by atoms with E-state index in [1.165, 1.54) is 13.0 Å². The Labute approximate surface area is 81.1 Å². The van der Waals surface area contributed by atoms with Gasteiger partial charge in [0.25, 0.3) is 0 Å². The fourth-order valence-electron chi connectivity index (χ4n) is 1.11. The van der Waals surface area contributed by atoms with Gasteiger partial charge in [-0.3, -0.25) is 0 Å². The van der Waals surface area contributed by atoms with Crippen LogP contribution in [0.3, 0.4) is 0 Å². The number of ether oxygens (including phenoxy) is 1. The molecule has 0 saturated carbocycles. The van der Waals surface area contributed by atoms with Crippen molar-refractivity contribution in [2.24, 2.45) is 0 Å². The molecule has 0 aliphatic rings. The number of carbonyl (C=O) groups is 1. The molecule has 0 radical (unpaired) electrons. The Kier molecular flexibility index (Phi) is 3.06. The van der Waals surface area contributed by atoms with E-state index >= 15 is 0 Å². The van der Waals surface area contributed by atoms with Crippen molar-refractivity contribution in [2.75, 3.05) is 6.61 Å². The predicted octanol–water partition coefficient (Wildman–Crippen LogP) is 2.23. The van der Waals surface area contributed by atoms with Gasteiger partial charge < -0.3 is 9.84 Å². The van der Waals surface area contributed by atoms with Crippen LogP contribution < -0.4 is 4.74 Å². The van der Waals surface area contributed by atoms with Gasteiger partial charge in [-0.2, -0.15) is 0 Å². The fraction of sp³-hybridized carbons (Fsp3) is 0.300. The van der Waals surface area contributed by atoms with Gasteiger partial charge in [-0.25, -0.2) is 9.18 Å². The van der Waals surface area contributed by atoms with Crippen molar-refractivity contribution < 1.29 is 19.0 Å². The first kappa shape index (κ1) is 10.5. The van der Waals surface area contributed by atoms with E-state index in [2.05, 4.69) is 0 Å². The van der Waals surface area contributed by atoms with Crippen LogP contribution in [0.4, 0.5) is 4.39 Å². The summed E-state index contributed by atoms with van der Waals surface area (Å²) in [5, 5.41) is 8.81. The van der Waals surface area contributed by atoms with Crippen molar-refractivity contribution in [1.29, 1.82) is 0 Å². The summed E-state index contributed by atoms with van der Waals surface area (Å²) in [7, 11) is 0. The summed E-state index contributed by atoms with van der Waals surface area (Å²) < 4.78 is 18.1. The Hall–Kier alpha value is -1.58. The highest BCUT2D eigenvalue weighted by molar-refractivity contribution is 5.91. The van der Waals surface area contributed by atoms with Crippen LogP contribution in [0.5, 0.6) is 5.75 Å².